The Kier molecular flexibility index (Phi) is 69.7. The first-order valence-corrected chi connectivity index (χ1v) is 3.11. The third-order valence-corrected chi connectivity index (χ3v) is 1.25. The van der Waals surface area contributed by atoms with Crippen LogP contribution in [-0.2, 0) is 14.4 Å². The fraction of sp³-hybridized carbons (Fsp3) is 0.500. The van der Waals surface area contributed by atoms with Crippen LogP contribution in [0.3, 0.4) is 0 Å². The van der Waals surface area contributed by atoms with Crippen molar-refractivity contribution in [3.8, 4) is 0 Å². The summed E-state index contributed by atoms with van der Waals surface area (Å²) in [6.07, 6.45) is -2.72. The van der Waals surface area contributed by atoms with Gasteiger partial charge >= 0.3 is 257 Å². The molecule has 0 aliphatic carbocycles. The molecule has 0 radical (unpaired) electrons. The minimum absolute atomic E-state index is 0. The topological polar surface area (TPSA) is 201 Å². The number of aliphatic carboxylic acids is 3. The standard InChI is InChI=1S/C6H8O7.5K.2H2O/c7-3(8)1-6(13,5(11)12)2-4(9)10;;;;;;;/h13H,1-2H2,(H,7,8)(H,9,10)(H,11,12);;;;;;2*1H2/q;5*+1;;/p-5. The van der Waals surface area contributed by atoms with E-state index in [4.69, 9.17) is 5.11 Å². The minimum atomic E-state index is -2.97. The molecule has 0 fully saturated rings. The molecule has 0 unspecified atom stereocenters. The predicted octanol–water partition coefficient (Wildman–Crippen LogP) is -20.6. The van der Waals surface area contributed by atoms with Crippen molar-refractivity contribution in [3.63, 3.8) is 0 Å². The Morgan fingerprint density at radius 3 is 1.05 bits per heavy atom. The van der Waals surface area contributed by atoms with Crippen molar-refractivity contribution in [2.75, 3.05) is 0 Å². The van der Waals surface area contributed by atoms with E-state index in [1.54, 1.807) is 0 Å². The molecule has 9 nitrogen and oxygen atoms in total. The number of carboxylic acid groups (broad SMARTS) is 3. The molecule has 3 N–H and O–H groups in total. The van der Waals surface area contributed by atoms with Gasteiger partial charge in [-0.05, 0) is 0 Å². The average Bonchev–Trinajstić information content (AvgIpc) is 1.82. The molecular weight excluding hydrogens is 412 g/mol. The quantitative estimate of drug-likeness (QED) is 0.420. The predicted molar refractivity (Wildman–Crippen MR) is 33.1 cm³/mol. The molecule has 0 spiro atoms. The van der Waals surface area contributed by atoms with Crippen molar-refractivity contribution >= 4 is 17.9 Å². The van der Waals surface area contributed by atoms with E-state index in [0.717, 1.165) is 0 Å². The van der Waals surface area contributed by atoms with Crippen LogP contribution in [0, 0.1) is 0 Å². The molecule has 0 aromatic carbocycles. The first-order chi connectivity index (χ1) is 5.78. The van der Waals surface area contributed by atoms with E-state index in [-0.39, 0.29) is 268 Å². The van der Waals surface area contributed by atoms with Crippen LogP contribution < -0.4 is 272 Å². The van der Waals surface area contributed by atoms with Gasteiger partial charge in [-0.1, -0.05) is 0 Å². The van der Waals surface area contributed by atoms with Gasteiger partial charge in [-0.3, -0.25) is 0 Å². The number of carboxylic acids is 3. The fourth-order valence-corrected chi connectivity index (χ4v) is 0.684. The number of hydrogen-bond donors (Lipinski definition) is 1. The Morgan fingerprint density at radius 2 is 0.950 bits per heavy atom. The average molecular weight is 419 g/mol. The Morgan fingerprint density at radius 1 is 0.750 bits per heavy atom. The smallest absolute Gasteiger partial charge is 0.870 e. The summed E-state index contributed by atoms with van der Waals surface area (Å²) in [7, 11) is 0. The Hall–Kier alpha value is 6.47. The second kappa shape index (κ2) is 27.7. The fourth-order valence-electron chi connectivity index (χ4n) is 0.684. The van der Waals surface area contributed by atoms with Crippen LogP contribution >= 0.6 is 0 Å². The molecule has 0 rings (SSSR count). The molecule has 0 saturated carbocycles. The normalized spacial score (nSPS) is 7.05. The molecule has 0 aliphatic heterocycles. The number of carbonyl (C=O) groups excluding carboxylic acids is 3. The van der Waals surface area contributed by atoms with Crippen LogP contribution in [0.1, 0.15) is 12.8 Å². The SMILES string of the molecule is O=C([O-])CC(O)(CC(=O)[O-])C(=O)[O-].[K+].[K+].[K+].[K+].[K+].[OH-].[OH-]. The second-order valence-electron chi connectivity index (χ2n) is 2.42. The van der Waals surface area contributed by atoms with Crippen molar-refractivity contribution in [2.45, 2.75) is 18.4 Å². The van der Waals surface area contributed by atoms with Crippen molar-refractivity contribution in [1.29, 1.82) is 0 Å². The third kappa shape index (κ3) is 26.7. The summed E-state index contributed by atoms with van der Waals surface area (Å²) in [4.78, 5) is 30.0. The molecule has 0 bridgehead atoms. The van der Waals surface area contributed by atoms with Gasteiger partial charge in [0.15, 0.2) is 0 Å². The van der Waals surface area contributed by atoms with Crippen LogP contribution in [0.2, 0.25) is 0 Å². The molecule has 0 amide bonds. The van der Waals surface area contributed by atoms with Gasteiger partial charge in [-0.2, -0.15) is 0 Å². The molecular formula is C6H7K5O9. The van der Waals surface area contributed by atoms with E-state index < -0.39 is 36.4 Å². The monoisotopic (exact) mass is 418 g/mol. The summed E-state index contributed by atoms with van der Waals surface area (Å²) in [6.45, 7) is 0. The first-order valence-electron chi connectivity index (χ1n) is 3.11. The molecule has 0 atom stereocenters. The van der Waals surface area contributed by atoms with Gasteiger partial charge in [-0.15, -0.1) is 0 Å². The van der Waals surface area contributed by atoms with Crippen molar-refractivity contribution in [1.82, 2.24) is 0 Å². The van der Waals surface area contributed by atoms with Gasteiger partial charge in [0.25, 0.3) is 0 Å². The number of carbonyl (C=O) groups is 3. The van der Waals surface area contributed by atoms with Crippen LogP contribution in [-0.4, -0.2) is 39.6 Å². The zero-order valence-corrected chi connectivity index (χ0v) is 27.8. The maximum Gasteiger partial charge on any atom is 1.00 e. The molecule has 14 heteroatoms. The van der Waals surface area contributed by atoms with E-state index in [9.17, 15) is 29.7 Å². The third-order valence-electron chi connectivity index (χ3n) is 1.25. The van der Waals surface area contributed by atoms with E-state index in [1.165, 1.54) is 0 Å². The van der Waals surface area contributed by atoms with E-state index in [2.05, 4.69) is 0 Å². The molecule has 20 heavy (non-hydrogen) atoms. The van der Waals surface area contributed by atoms with Gasteiger partial charge in [0.2, 0.25) is 0 Å². The minimum Gasteiger partial charge on any atom is -0.870 e. The maximum atomic E-state index is 10.1. The summed E-state index contributed by atoms with van der Waals surface area (Å²) in [5.41, 5.74) is -2.97. The number of aliphatic hydroxyl groups is 1. The zero-order chi connectivity index (χ0) is 10.6. The van der Waals surface area contributed by atoms with Crippen LogP contribution in [0.15, 0.2) is 0 Å². The first kappa shape index (κ1) is 50.3. The van der Waals surface area contributed by atoms with Gasteiger partial charge in [0.1, 0.15) is 5.60 Å². The summed E-state index contributed by atoms with van der Waals surface area (Å²) in [5, 5.41) is 38.9. The Balaban J connectivity index is -0.0000000343. The summed E-state index contributed by atoms with van der Waals surface area (Å²) < 4.78 is 0. The largest absolute Gasteiger partial charge is 1.00 e. The Bertz CT molecular complexity index is 245. The maximum absolute atomic E-state index is 10.1. The number of rotatable bonds is 5. The van der Waals surface area contributed by atoms with Crippen LogP contribution in [0.25, 0.3) is 0 Å². The molecule has 0 saturated heterocycles. The summed E-state index contributed by atoms with van der Waals surface area (Å²) >= 11 is 0. The molecule has 0 heterocycles. The molecule has 0 aliphatic rings. The van der Waals surface area contributed by atoms with Gasteiger partial charge in [0.05, 0.1) is 5.97 Å². The summed E-state index contributed by atoms with van der Waals surface area (Å²) in [5.74, 6) is -5.98. The second-order valence-corrected chi connectivity index (χ2v) is 2.42. The molecule has 0 aromatic rings. The van der Waals surface area contributed by atoms with Crippen molar-refractivity contribution < 1.29 is 303 Å². The van der Waals surface area contributed by atoms with Crippen LogP contribution in [0.5, 0.6) is 0 Å². The van der Waals surface area contributed by atoms with Crippen molar-refractivity contribution in [3.05, 3.63) is 0 Å². The van der Waals surface area contributed by atoms with Gasteiger partial charge < -0.3 is 45.8 Å². The van der Waals surface area contributed by atoms with Crippen LogP contribution in [0.4, 0.5) is 0 Å². The Labute approximate surface area is 328 Å². The van der Waals surface area contributed by atoms with E-state index in [1.807, 2.05) is 0 Å². The van der Waals surface area contributed by atoms with Gasteiger partial charge in [-0.25, -0.2) is 0 Å². The molecule has 0 aromatic heterocycles. The summed E-state index contributed by atoms with van der Waals surface area (Å²) in [6, 6.07) is 0. The zero-order valence-electron chi connectivity index (χ0n) is 12.2. The molecule has 90 valence electrons. The van der Waals surface area contributed by atoms with E-state index >= 15 is 0 Å². The van der Waals surface area contributed by atoms with Gasteiger partial charge in [0, 0.05) is 24.8 Å². The van der Waals surface area contributed by atoms with E-state index in [0.29, 0.717) is 0 Å². The van der Waals surface area contributed by atoms with Crippen molar-refractivity contribution in [2.24, 2.45) is 0 Å². The number of hydrogen-bond acceptors (Lipinski definition) is 9.